The molecule has 0 unspecified atom stereocenters. The fourth-order valence-corrected chi connectivity index (χ4v) is 0.846. The predicted octanol–water partition coefficient (Wildman–Crippen LogP) is 3.54. The van der Waals surface area contributed by atoms with Gasteiger partial charge in [0.15, 0.2) is 0 Å². The van der Waals surface area contributed by atoms with Gasteiger partial charge in [0.2, 0.25) is 0 Å². The van der Waals surface area contributed by atoms with Crippen molar-refractivity contribution in [1.82, 2.24) is 0 Å². The van der Waals surface area contributed by atoms with Crippen LogP contribution in [0.15, 0.2) is 24.3 Å². The molecule has 0 heterocycles. The molecule has 0 aliphatic heterocycles. The summed E-state index contributed by atoms with van der Waals surface area (Å²) in [6, 6.07) is 7.92. The van der Waals surface area contributed by atoms with Crippen LogP contribution in [0, 0.1) is 0 Å². The lowest BCUT2D eigenvalue weighted by Crippen LogP contribution is -1.75. The molecule has 1 rings (SSSR count). The van der Waals surface area contributed by atoms with E-state index in [-0.39, 0.29) is 0 Å². The Balaban J connectivity index is 0. The molecule has 0 saturated heterocycles. The van der Waals surface area contributed by atoms with Gasteiger partial charge in [0.05, 0.1) is 0 Å². The average Bonchev–Trinajstić information content (AvgIpc) is 2.25. The number of hydrogen-bond donors (Lipinski definition) is 1. The van der Waals surface area contributed by atoms with Crippen molar-refractivity contribution in [3.8, 4) is 0 Å². The molecule has 0 aliphatic rings. The van der Waals surface area contributed by atoms with Crippen LogP contribution in [-0.2, 0) is 6.42 Å². The normalized spacial score (nSPS) is 7.54. The zero-order chi connectivity index (χ0) is 10.7. The molecular weight excluding hydrogens is 184 g/mol. The maximum Gasteiger partial charge on any atom is 0.0406 e. The Kier molecular flexibility index (Phi) is 13.2. The van der Waals surface area contributed by atoms with Crippen LogP contribution in [0.4, 0.5) is 0 Å². The van der Waals surface area contributed by atoms with Gasteiger partial charge in [0.1, 0.15) is 0 Å². The Morgan fingerprint density at radius 2 is 1.46 bits per heavy atom. The summed E-state index contributed by atoms with van der Waals surface area (Å²) in [4.78, 5) is 0. The van der Waals surface area contributed by atoms with Gasteiger partial charge in [0.25, 0.3) is 0 Å². The lowest BCUT2D eigenvalue weighted by molar-refractivity contribution is 0.399. The molecule has 1 aromatic rings. The van der Waals surface area contributed by atoms with Gasteiger partial charge >= 0.3 is 0 Å². The number of aryl methyl sites for hydroxylation is 1. The zero-order valence-electron chi connectivity index (χ0n) is 8.84. The van der Waals surface area contributed by atoms with Crippen LogP contribution >= 0.6 is 11.6 Å². The van der Waals surface area contributed by atoms with Gasteiger partial charge in [-0.25, -0.2) is 0 Å². The van der Waals surface area contributed by atoms with Gasteiger partial charge in [-0.15, -0.1) is 0 Å². The highest BCUT2D eigenvalue weighted by molar-refractivity contribution is 6.30. The van der Waals surface area contributed by atoms with Crippen molar-refractivity contribution in [2.45, 2.75) is 27.2 Å². The van der Waals surface area contributed by atoms with Crippen molar-refractivity contribution in [1.29, 1.82) is 0 Å². The molecule has 1 N–H and O–H groups in total. The minimum Gasteiger partial charge on any atom is -0.400 e. The quantitative estimate of drug-likeness (QED) is 0.739. The fourth-order valence-electron chi connectivity index (χ4n) is 0.720. The van der Waals surface area contributed by atoms with E-state index in [0.29, 0.717) is 0 Å². The van der Waals surface area contributed by atoms with Crippen molar-refractivity contribution in [2.75, 3.05) is 7.11 Å². The topological polar surface area (TPSA) is 20.2 Å². The first kappa shape index (κ1) is 15.0. The highest BCUT2D eigenvalue weighted by atomic mass is 35.5. The first-order chi connectivity index (χ1) is 6.33. The third-order valence-corrected chi connectivity index (χ3v) is 1.57. The first-order valence-corrected chi connectivity index (χ1v) is 4.90. The van der Waals surface area contributed by atoms with Gasteiger partial charge in [-0.2, -0.15) is 0 Å². The lowest BCUT2D eigenvalue weighted by Gasteiger charge is -1.93. The van der Waals surface area contributed by atoms with E-state index in [4.69, 9.17) is 16.7 Å². The Hall–Kier alpha value is -0.530. The van der Waals surface area contributed by atoms with Gasteiger partial charge in [-0.1, -0.05) is 44.5 Å². The third-order valence-electron chi connectivity index (χ3n) is 1.32. The molecule has 13 heavy (non-hydrogen) atoms. The molecule has 0 aromatic heterocycles. The number of halogens is 1. The Labute approximate surface area is 86.4 Å². The van der Waals surface area contributed by atoms with Crippen molar-refractivity contribution >= 4 is 11.6 Å². The van der Waals surface area contributed by atoms with Crippen LogP contribution in [0.5, 0.6) is 0 Å². The second kappa shape index (κ2) is 11.5. The van der Waals surface area contributed by atoms with Crippen molar-refractivity contribution in [3.05, 3.63) is 34.9 Å². The van der Waals surface area contributed by atoms with E-state index in [1.807, 2.05) is 38.1 Å². The molecule has 0 radical (unpaired) electrons. The molecule has 2 heteroatoms. The summed E-state index contributed by atoms with van der Waals surface area (Å²) in [7, 11) is 1.00. The first-order valence-electron chi connectivity index (χ1n) is 4.52. The van der Waals surface area contributed by atoms with Crippen molar-refractivity contribution in [2.24, 2.45) is 0 Å². The summed E-state index contributed by atoms with van der Waals surface area (Å²) in [5.41, 5.74) is 1.33. The molecule has 0 amide bonds. The summed E-state index contributed by atoms with van der Waals surface area (Å²) in [6.45, 7) is 6.13. The van der Waals surface area contributed by atoms with E-state index in [1.54, 1.807) is 0 Å². The lowest BCUT2D eigenvalue weighted by atomic mass is 10.2. The van der Waals surface area contributed by atoms with Gasteiger partial charge in [-0.05, 0) is 24.1 Å². The van der Waals surface area contributed by atoms with Crippen LogP contribution in [0.2, 0.25) is 5.02 Å². The summed E-state index contributed by atoms with van der Waals surface area (Å²) in [5.74, 6) is 0. The Morgan fingerprint density at radius 1 is 1.08 bits per heavy atom. The van der Waals surface area contributed by atoms with Crippen molar-refractivity contribution < 1.29 is 5.11 Å². The third kappa shape index (κ3) is 7.82. The molecular formula is C11H19ClO. The molecule has 0 saturated carbocycles. The van der Waals surface area contributed by atoms with Crippen LogP contribution in [0.3, 0.4) is 0 Å². The number of hydrogen-bond acceptors (Lipinski definition) is 1. The Bertz CT molecular complexity index is 182. The molecule has 0 aliphatic carbocycles. The monoisotopic (exact) mass is 202 g/mol. The number of benzene rings is 1. The van der Waals surface area contributed by atoms with E-state index in [2.05, 4.69) is 6.92 Å². The minimum absolute atomic E-state index is 0.812. The SMILES string of the molecule is CC.CCc1ccc(Cl)cc1.CO. The van der Waals surface area contributed by atoms with Crippen LogP contribution in [0.1, 0.15) is 26.3 Å². The summed E-state index contributed by atoms with van der Waals surface area (Å²) in [5, 5.41) is 7.81. The van der Waals surface area contributed by atoms with Gasteiger partial charge in [0, 0.05) is 12.1 Å². The van der Waals surface area contributed by atoms with E-state index >= 15 is 0 Å². The molecule has 0 spiro atoms. The molecule has 0 atom stereocenters. The maximum absolute atomic E-state index is 7.00. The second-order valence-electron chi connectivity index (χ2n) is 1.98. The van der Waals surface area contributed by atoms with E-state index in [1.165, 1.54) is 5.56 Å². The molecule has 0 bridgehead atoms. The smallest absolute Gasteiger partial charge is 0.0406 e. The summed E-state index contributed by atoms with van der Waals surface area (Å²) >= 11 is 5.67. The van der Waals surface area contributed by atoms with Gasteiger partial charge in [-0.3, -0.25) is 0 Å². The van der Waals surface area contributed by atoms with Crippen LogP contribution in [0.25, 0.3) is 0 Å². The van der Waals surface area contributed by atoms with Crippen LogP contribution < -0.4 is 0 Å². The Morgan fingerprint density at radius 3 is 1.77 bits per heavy atom. The van der Waals surface area contributed by atoms with Gasteiger partial charge < -0.3 is 5.11 Å². The van der Waals surface area contributed by atoms with Crippen LogP contribution in [-0.4, -0.2) is 12.2 Å². The van der Waals surface area contributed by atoms with E-state index in [9.17, 15) is 0 Å². The summed E-state index contributed by atoms with van der Waals surface area (Å²) < 4.78 is 0. The molecule has 1 aromatic carbocycles. The maximum atomic E-state index is 7.00. The standard InChI is InChI=1S/C8H9Cl.C2H6.CH4O/c1-2-7-3-5-8(9)6-4-7;2*1-2/h3-6H,2H2,1H3;1-2H3;2H,1H3. The minimum atomic E-state index is 0.812. The largest absolute Gasteiger partial charge is 0.400 e. The highest BCUT2D eigenvalue weighted by Gasteiger charge is 1.86. The van der Waals surface area contributed by atoms with Crippen molar-refractivity contribution in [3.63, 3.8) is 0 Å². The molecule has 1 nitrogen and oxygen atoms in total. The van der Waals surface area contributed by atoms with E-state index < -0.39 is 0 Å². The zero-order valence-corrected chi connectivity index (χ0v) is 9.60. The predicted molar refractivity (Wildman–Crippen MR) is 60.3 cm³/mol. The fraction of sp³-hybridized carbons (Fsp3) is 0.455. The average molecular weight is 203 g/mol. The molecule has 76 valence electrons. The summed E-state index contributed by atoms with van der Waals surface area (Å²) in [6.07, 6.45) is 1.08. The highest BCUT2D eigenvalue weighted by Crippen LogP contribution is 2.09. The molecule has 0 fully saturated rings. The number of rotatable bonds is 1. The number of aliphatic hydroxyl groups excluding tert-OH is 1. The van der Waals surface area contributed by atoms with E-state index in [0.717, 1.165) is 18.6 Å². The number of aliphatic hydroxyl groups is 1. The second-order valence-corrected chi connectivity index (χ2v) is 2.42.